The minimum Gasteiger partial charge on any atom is -0.432 e. The van der Waals surface area contributed by atoms with Crippen LogP contribution in [-0.4, -0.2) is 56.5 Å². The number of rotatable bonds is 2. The summed E-state index contributed by atoms with van der Waals surface area (Å²) < 4.78 is 22.5. The first kappa shape index (κ1) is 12.9. The number of H-pyrrole nitrogens is 1. The molecule has 4 N–H and O–H groups in total. The van der Waals surface area contributed by atoms with Gasteiger partial charge in [-0.2, -0.15) is 4.39 Å². The number of nitrogens with zero attached hydrogens (tertiary/aromatic N) is 1. The SMILES string of the molecule is O=c1[nH]c(O[C@@H]2OC[C@@H](O)[C@H](O)[C@H]2O)ncc1F. The number of aliphatic hydroxyl groups is 3. The number of ether oxygens (including phenoxy) is 2. The van der Waals surface area contributed by atoms with Crippen LogP contribution in [-0.2, 0) is 4.74 Å². The molecule has 1 aromatic heterocycles. The Balaban J connectivity index is 2.09. The predicted molar refractivity (Wildman–Crippen MR) is 53.2 cm³/mol. The van der Waals surface area contributed by atoms with Gasteiger partial charge in [0.25, 0.3) is 11.6 Å². The summed E-state index contributed by atoms with van der Waals surface area (Å²) in [6, 6.07) is -0.367. The number of aliphatic hydroxyl groups excluding tert-OH is 3. The van der Waals surface area contributed by atoms with E-state index in [9.17, 15) is 24.5 Å². The van der Waals surface area contributed by atoms with Gasteiger partial charge in [0.05, 0.1) is 12.8 Å². The Bertz CT molecular complexity index is 480. The molecule has 1 aromatic rings. The molecule has 2 rings (SSSR count). The molecule has 18 heavy (non-hydrogen) atoms. The molecule has 9 heteroatoms. The molecule has 1 fully saturated rings. The van der Waals surface area contributed by atoms with Gasteiger partial charge < -0.3 is 24.8 Å². The highest BCUT2D eigenvalue weighted by Gasteiger charge is 2.39. The van der Waals surface area contributed by atoms with Crippen LogP contribution < -0.4 is 10.3 Å². The quantitative estimate of drug-likeness (QED) is 0.473. The molecule has 0 spiro atoms. The number of hydrogen-bond acceptors (Lipinski definition) is 7. The van der Waals surface area contributed by atoms with E-state index in [4.69, 9.17) is 9.47 Å². The van der Waals surface area contributed by atoms with Gasteiger partial charge in [-0.1, -0.05) is 0 Å². The second kappa shape index (κ2) is 4.98. The lowest BCUT2D eigenvalue weighted by atomic mass is 10.1. The lowest BCUT2D eigenvalue weighted by molar-refractivity contribution is -0.243. The maximum absolute atomic E-state index is 12.7. The molecule has 1 aliphatic rings. The van der Waals surface area contributed by atoms with E-state index in [0.29, 0.717) is 6.20 Å². The van der Waals surface area contributed by atoms with Gasteiger partial charge in [-0.15, -0.1) is 0 Å². The van der Waals surface area contributed by atoms with E-state index < -0.39 is 36.0 Å². The van der Waals surface area contributed by atoms with Crippen LogP contribution in [0, 0.1) is 5.82 Å². The fraction of sp³-hybridized carbons (Fsp3) is 0.556. The average molecular weight is 262 g/mol. The van der Waals surface area contributed by atoms with Crippen LogP contribution in [0.2, 0.25) is 0 Å². The van der Waals surface area contributed by atoms with E-state index >= 15 is 0 Å². The maximum atomic E-state index is 12.7. The summed E-state index contributed by atoms with van der Waals surface area (Å²) in [6.45, 7) is -0.256. The second-order valence-electron chi connectivity index (χ2n) is 3.73. The third-order valence-corrected chi connectivity index (χ3v) is 2.41. The largest absolute Gasteiger partial charge is 0.432 e. The van der Waals surface area contributed by atoms with Crippen molar-refractivity contribution in [3.05, 3.63) is 22.4 Å². The van der Waals surface area contributed by atoms with Gasteiger partial charge in [-0.05, 0) is 0 Å². The summed E-state index contributed by atoms with van der Waals surface area (Å²) in [5.41, 5.74) is -1.04. The number of aromatic amines is 1. The first-order valence-corrected chi connectivity index (χ1v) is 5.06. The average Bonchev–Trinajstić information content (AvgIpc) is 2.34. The molecule has 8 nitrogen and oxygen atoms in total. The van der Waals surface area contributed by atoms with Crippen molar-refractivity contribution in [1.29, 1.82) is 0 Å². The Kier molecular flexibility index (Phi) is 3.57. The molecule has 1 saturated heterocycles. The highest BCUT2D eigenvalue weighted by atomic mass is 19.1. The van der Waals surface area contributed by atoms with Gasteiger partial charge in [-0.25, -0.2) is 4.98 Å². The van der Waals surface area contributed by atoms with Gasteiger partial charge in [0.2, 0.25) is 12.1 Å². The van der Waals surface area contributed by atoms with Crippen molar-refractivity contribution in [1.82, 2.24) is 9.97 Å². The summed E-state index contributed by atoms with van der Waals surface area (Å²) in [6.07, 6.45) is -4.88. The van der Waals surface area contributed by atoms with E-state index in [1.54, 1.807) is 0 Å². The zero-order valence-corrected chi connectivity index (χ0v) is 8.99. The summed E-state index contributed by atoms with van der Waals surface area (Å²) in [7, 11) is 0. The zero-order valence-electron chi connectivity index (χ0n) is 8.99. The van der Waals surface area contributed by atoms with Crippen molar-refractivity contribution >= 4 is 0 Å². The lowest BCUT2D eigenvalue weighted by Gasteiger charge is -2.34. The third kappa shape index (κ3) is 2.48. The molecule has 2 heterocycles. The molecule has 1 aliphatic heterocycles. The fourth-order valence-corrected chi connectivity index (χ4v) is 1.42. The molecular formula is C9H11FN2O6. The molecule has 0 radical (unpaired) electrons. The highest BCUT2D eigenvalue weighted by molar-refractivity contribution is 4.98. The standard InChI is InChI=1S/C9H11FN2O6/c10-3-1-11-9(12-7(3)16)18-8-6(15)5(14)4(13)2-17-8/h1,4-6,8,13-15H,2H2,(H,11,12,16)/t4-,5+,6-,8+/m1/s1. The van der Waals surface area contributed by atoms with E-state index in [-0.39, 0.29) is 12.6 Å². The van der Waals surface area contributed by atoms with Gasteiger partial charge in [-0.3, -0.25) is 9.78 Å². The molecule has 4 atom stereocenters. The van der Waals surface area contributed by atoms with E-state index in [1.807, 2.05) is 4.98 Å². The summed E-state index contributed by atoms with van der Waals surface area (Å²) >= 11 is 0. The van der Waals surface area contributed by atoms with Crippen molar-refractivity contribution in [2.75, 3.05) is 6.61 Å². The van der Waals surface area contributed by atoms with Crippen molar-refractivity contribution in [2.45, 2.75) is 24.6 Å². The maximum Gasteiger partial charge on any atom is 0.299 e. The molecule has 100 valence electrons. The van der Waals surface area contributed by atoms with Crippen LogP contribution in [0.15, 0.2) is 11.0 Å². The van der Waals surface area contributed by atoms with Crippen molar-refractivity contribution in [3.8, 4) is 6.01 Å². The molecule has 0 aliphatic carbocycles. The molecule has 0 saturated carbocycles. The summed E-state index contributed by atoms with van der Waals surface area (Å²) in [4.78, 5) is 16.3. The van der Waals surface area contributed by atoms with Crippen LogP contribution in [0.1, 0.15) is 0 Å². The van der Waals surface area contributed by atoms with Crippen LogP contribution >= 0.6 is 0 Å². The third-order valence-electron chi connectivity index (χ3n) is 2.41. The Hall–Kier alpha value is -1.55. The lowest BCUT2D eigenvalue weighted by Crippen LogP contribution is -2.55. The number of aromatic nitrogens is 2. The Labute approximate surface area is 99.6 Å². The molecule has 0 unspecified atom stereocenters. The minimum absolute atomic E-state index is 0.256. The Morgan fingerprint density at radius 2 is 2.17 bits per heavy atom. The van der Waals surface area contributed by atoms with Gasteiger partial charge >= 0.3 is 0 Å². The summed E-state index contributed by atoms with van der Waals surface area (Å²) in [5, 5.41) is 28.1. The number of nitrogens with one attached hydrogen (secondary N) is 1. The topological polar surface area (TPSA) is 125 Å². The fourth-order valence-electron chi connectivity index (χ4n) is 1.42. The van der Waals surface area contributed by atoms with Gasteiger partial charge in [0.1, 0.15) is 18.3 Å². The predicted octanol–water partition coefficient (Wildman–Crippen LogP) is -2.27. The van der Waals surface area contributed by atoms with Crippen LogP contribution in [0.5, 0.6) is 6.01 Å². The molecule has 0 amide bonds. The molecule has 0 bridgehead atoms. The monoisotopic (exact) mass is 262 g/mol. The second-order valence-corrected chi connectivity index (χ2v) is 3.73. The van der Waals surface area contributed by atoms with E-state index in [2.05, 4.69) is 4.98 Å². The highest BCUT2D eigenvalue weighted by Crippen LogP contribution is 2.17. The van der Waals surface area contributed by atoms with Gasteiger partial charge in [0, 0.05) is 0 Å². The molecule has 0 aromatic carbocycles. The first-order valence-electron chi connectivity index (χ1n) is 5.06. The minimum atomic E-state index is -1.52. The number of hydrogen-bond donors (Lipinski definition) is 4. The van der Waals surface area contributed by atoms with E-state index in [0.717, 1.165) is 0 Å². The van der Waals surface area contributed by atoms with Gasteiger partial charge in [0.15, 0.2) is 0 Å². The van der Waals surface area contributed by atoms with Crippen LogP contribution in [0.25, 0.3) is 0 Å². The Morgan fingerprint density at radius 1 is 1.44 bits per heavy atom. The van der Waals surface area contributed by atoms with Crippen LogP contribution in [0.3, 0.4) is 0 Å². The van der Waals surface area contributed by atoms with Crippen LogP contribution in [0.4, 0.5) is 4.39 Å². The normalized spacial score (nSPS) is 32.2. The first-order chi connectivity index (χ1) is 8.49. The van der Waals surface area contributed by atoms with Crippen molar-refractivity contribution in [3.63, 3.8) is 0 Å². The Morgan fingerprint density at radius 3 is 2.83 bits per heavy atom. The smallest absolute Gasteiger partial charge is 0.299 e. The van der Waals surface area contributed by atoms with E-state index in [1.165, 1.54) is 0 Å². The van der Waals surface area contributed by atoms with Crippen molar-refractivity contribution in [2.24, 2.45) is 0 Å². The molecular weight excluding hydrogens is 251 g/mol. The van der Waals surface area contributed by atoms with Crippen molar-refractivity contribution < 1.29 is 29.2 Å². The number of halogens is 1. The zero-order chi connectivity index (χ0) is 13.3. The summed E-state index contributed by atoms with van der Waals surface area (Å²) in [5.74, 6) is -1.08.